The van der Waals surface area contributed by atoms with Gasteiger partial charge in [0, 0.05) is 6.20 Å². The first-order valence-electron chi connectivity index (χ1n) is 11.6. The second-order valence-electron chi connectivity index (χ2n) is 8.39. The largest absolute Gasteiger partial charge is 0.477 e. The predicted octanol–water partition coefficient (Wildman–Crippen LogP) is 2.88. The van der Waals surface area contributed by atoms with Gasteiger partial charge in [0.25, 0.3) is 11.5 Å². The summed E-state index contributed by atoms with van der Waals surface area (Å²) in [5, 5.41) is 6.23. The second kappa shape index (κ2) is 8.46. The van der Waals surface area contributed by atoms with E-state index in [0.29, 0.717) is 17.0 Å². The van der Waals surface area contributed by atoms with E-state index in [2.05, 4.69) is 4.98 Å². The number of hydrazone groups is 1. The lowest BCUT2D eigenvalue weighted by molar-refractivity contribution is -0.121. The molecule has 2 amide bonds. The molecule has 2 atom stereocenters. The van der Waals surface area contributed by atoms with Crippen molar-refractivity contribution in [2.45, 2.75) is 13.0 Å². The SMILES string of the molecule is CCOc1nc2ccccn2c(=O)c1C1=NN(c2ccccc2)[C@@H]2C(=O)N(c3ccccc3)C(=O)[C@H]12. The van der Waals surface area contributed by atoms with Crippen molar-refractivity contribution in [1.82, 2.24) is 9.38 Å². The Labute approximate surface area is 205 Å². The van der Waals surface area contributed by atoms with E-state index >= 15 is 0 Å². The molecule has 0 spiro atoms. The van der Waals surface area contributed by atoms with E-state index in [0.717, 1.165) is 0 Å². The third-order valence-electron chi connectivity index (χ3n) is 6.32. The van der Waals surface area contributed by atoms with Crippen LogP contribution in [0.5, 0.6) is 5.88 Å². The van der Waals surface area contributed by atoms with Crippen molar-refractivity contribution in [2.75, 3.05) is 16.5 Å². The van der Waals surface area contributed by atoms with E-state index in [9.17, 15) is 14.4 Å². The van der Waals surface area contributed by atoms with E-state index in [1.165, 1.54) is 14.3 Å². The molecule has 0 aliphatic carbocycles. The molecule has 4 aromatic rings. The van der Waals surface area contributed by atoms with Crippen LogP contribution in [0.4, 0.5) is 11.4 Å². The van der Waals surface area contributed by atoms with Crippen molar-refractivity contribution in [3.8, 4) is 5.88 Å². The van der Waals surface area contributed by atoms with Crippen LogP contribution in [-0.4, -0.2) is 39.6 Å². The van der Waals surface area contributed by atoms with Crippen molar-refractivity contribution in [3.05, 3.63) is 101 Å². The molecule has 0 radical (unpaired) electrons. The summed E-state index contributed by atoms with van der Waals surface area (Å²) in [5.74, 6) is -1.79. The number of carbonyl (C=O) groups excluding carboxylic acids is 2. The minimum atomic E-state index is -1.01. The molecule has 4 heterocycles. The van der Waals surface area contributed by atoms with E-state index < -0.39 is 29.3 Å². The first kappa shape index (κ1) is 21.7. The number of rotatable bonds is 5. The number of anilines is 2. The lowest BCUT2D eigenvalue weighted by Gasteiger charge is -2.22. The van der Waals surface area contributed by atoms with Gasteiger partial charge >= 0.3 is 0 Å². The molecule has 2 aromatic carbocycles. The Bertz CT molecular complexity index is 1580. The molecule has 9 nitrogen and oxygen atoms in total. The Morgan fingerprint density at radius 2 is 1.50 bits per heavy atom. The average Bonchev–Trinajstić information content (AvgIpc) is 3.42. The van der Waals surface area contributed by atoms with E-state index in [4.69, 9.17) is 9.84 Å². The van der Waals surface area contributed by atoms with Crippen LogP contribution >= 0.6 is 0 Å². The van der Waals surface area contributed by atoms with Crippen LogP contribution < -0.4 is 20.2 Å². The van der Waals surface area contributed by atoms with Crippen LogP contribution in [-0.2, 0) is 9.59 Å². The molecule has 1 saturated heterocycles. The maximum absolute atomic E-state index is 13.8. The number of carbonyl (C=O) groups is 2. The van der Waals surface area contributed by atoms with Crippen LogP contribution in [0.25, 0.3) is 5.65 Å². The standard InChI is InChI=1S/C27H21N5O4/c1-2-36-24-21(25(33)30-16-10-9-15-19(30)28-24)22-20-23(32(29-22)18-13-7-4-8-14-18)27(35)31(26(20)34)17-11-5-3-6-12-17/h3-16,20,23H,2H2,1H3/t20-,23+/m1/s1. The van der Waals surface area contributed by atoms with Gasteiger partial charge in [0.2, 0.25) is 11.8 Å². The zero-order chi connectivity index (χ0) is 24.8. The lowest BCUT2D eigenvalue weighted by atomic mass is 9.93. The molecule has 2 aromatic heterocycles. The highest BCUT2D eigenvalue weighted by molar-refractivity contribution is 6.34. The molecule has 0 N–H and O–H groups in total. The van der Waals surface area contributed by atoms with Crippen molar-refractivity contribution >= 4 is 34.5 Å². The van der Waals surface area contributed by atoms with Gasteiger partial charge in [0.05, 0.1) is 23.7 Å². The smallest absolute Gasteiger partial charge is 0.271 e. The fourth-order valence-electron chi connectivity index (χ4n) is 4.78. The Hall–Kier alpha value is -4.79. The predicted molar refractivity (Wildman–Crippen MR) is 134 cm³/mol. The number of aromatic nitrogens is 2. The monoisotopic (exact) mass is 479 g/mol. The molecule has 9 heteroatoms. The highest BCUT2D eigenvalue weighted by Crippen LogP contribution is 2.39. The van der Waals surface area contributed by atoms with Gasteiger partial charge in [0.15, 0.2) is 0 Å². The fourth-order valence-corrected chi connectivity index (χ4v) is 4.78. The van der Waals surface area contributed by atoms with Crippen molar-refractivity contribution in [2.24, 2.45) is 11.0 Å². The zero-order valence-electron chi connectivity index (χ0n) is 19.3. The van der Waals surface area contributed by atoms with Crippen LogP contribution in [0, 0.1) is 5.92 Å². The Morgan fingerprint density at radius 1 is 0.833 bits per heavy atom. The fraction of sp³-hybridized carbons (Fsp3) is 0.148. The molecule has 1 fully saturated rings. The molecule has 178 valence electrons. The quantitative estimate of drug-likeness (QED) is 0.409. The number of hydrogen-bond donors (Lipinski definition) is 0. The average molecular weight is 479 g/mol. The number of hydrogen-bond acceptors (Lipinski definition) is 7. The topological polar surface area (TPSA) is 96.6 Å². The summed E-state index contributed by atoms with van der Waals surface area (Å²) < 4.78 is 7.15. The summed E-state index contributed by atoms with van der Waals surface area (Å²) >= 11 is 0. The van der Waals surface area contributed by atoms with Crippen LogP contribution in [0.3, 0.4) is 0 Å². The first-order valence-corrected chi connectivity index (χ1v) is 11.6. The number of ether oxygens (including phenoxy) is 1. The van der Waals surface area contributed by atoms with Crippen LogP contribution in [0.15, 0.2) is 95.0 Å². The van der Waals surface area contributed by atoms with Gasteiger partial charge in [-0.1, -0.05) is 42.5 Å². The summed E-state index contributed by atoms with van der Waals surface area (Å²) in [6.07, 6.45) is 1.60. The van der Waals surface area contributed by atoms with Gasteiger partial charge < -0.3 is 4.74 Å². The van der Waals surface area contributed by atoms with Crippen molar-refractivity contribution < 1.29 is 14.3 Å². The summed E-state index contributed by atoms with van der Waals surface area (Å²) in [6, 6.07) is 22.1. The summed E-state index contributed by atoms with van der Waals surface area (Å²) in [4.78, 5) is 47.0. The summed E-state index contributed by atoms with van der Waals surface area (Å²) in [5.41, 5.74) is 1.32. The molecular weight excluding hydrogens is 458 g/mol. The summed E-state index contributed by atoms with van der Waals surface area (Å²) in [7, 11) is 0. The molecule has 36 heavy (non-hydrogen) atoms. The molecule has 6 rings (SSSR count). The van der Waals surface area contributed by atoms with E-state index in [-0.39, 0.29) is 23.8 Å². The van der Waals surface area contributed by atoms with Crippen molar-refractivity contribution in [3.63, 3.8) is 0 Å². The third kappa shape index (κ3) is 3.20. The Morgan fingerprint density at radius 3 is 2.19 bits per heavy atom. The Balaban J connectivity index is 1.59. The number of para-hydroxylation sites is 2. The third-order valence-corrected chi connectivity index (χ3v) is 6.32. The minimum Gasteiger partial charge on any atom is -0.477 e. The zero-order valence-corrected chi connectivity index (χ0v) is 19.3. The number of amides is 2. The molecule has 2 aliphatic rings. The molecule has 0 unspecified atom stereocenters. The highest BCUT2D eigenvalue weighted by atomic mass is 16.5. The van der Waals surface area contributed by atoms with E-state index in [1.807, 2.05) is 24.3 Å². The number of fused-ring (bicyclic) bond motifs is 2. The normalized spacial score (nSPS) is 19.1. The van der Waals surface area contributed by atoms with Crippen LogP contribution in [0.2, 0.25) is 0 Å². The molecule has 2 aliphatic heterocycles. The van der Waals surface area contributed by atoms with Gasteiger partial charge in [-0.3, -0.25) is 23.8 Å². The maximum atomic E-state index is 13.8. The van der Waals surface area contributed by atoms with Gasteiger partial charge in [-0.2, -0.15) is 10.1 Å². The van der Waals surface area contributed by atoms with Gasteiger partial charge in [-0.25, -0.2) is 4.90 Å². The number of benzene rings is 2. The molecule has 0 saturated carbocycles. The number of pyridine rings is 1. The van der Waals surface area contributed by atoms with Gasteiger partial charge in [-0.15, -0.1) is 0 Å². The molecular formula is C27H21N5O4. The highest BCUT2D eigenvalue weighted by Gasteiger charge is 2.58. The van der Waals surface area contributed by atoms with Crippen LogP contribution in [0.1, 0.15) is 12.5 Å². The minimum absolute atomic E-state index is 0.0741. The first-order chi connectivity index (χ1) is 17.6. The molecule has 0 bridgehead atoms. The summed E-state index contributed by atoms with van der Waals surface area (Å²) in [6.45, 7) is 2.05. The second-order valence-corrected chi connectivity index (χ2v) is 8.39. The number of imide groups is 1. The van der Waals surface area contributed by atoms with E-state index in [1.54, 1.807) is 67.7 Å². The van der Waals surface area contributed by atoms with Gasteiger partial charge in [0.1, 0.15) is 23.2 Å². The number of nitrogens with zero attached hydrogens (tertiary/aromatic N) is 5. The lowest BCUT2D eigenvalue weighted by Crippen LogP contribution is -2.39. The Kier molecular flexibility index (Phi) is 5.10. The van der Waals surface area contributed by atoms with Gasteiger partial charge in [-0.05, 0) is 43.3 Å². The van der Waals surface area contributed by atoms with Crippen molar-refractivity contribution in [1.29, 1.82) is 0 Å². The maximum Gasteiger partial charge on any atom is 0.271 e.